The molecule has 0 bridgehead atoms. The maximum Gasteiger partial charge on any atom is 0.251 e. The van der Waals surface area contributed by atoms with Gasteiger partial charge >= 0.3 is 0 Å². The lowest BCUT2D eigenvalue weighted by Gasteiger charge is -2.32. The Morgan fingerprint density at radius 3 is 2.53 bits per heavy atom. The minimum atomic E-state index is -3.66. The Labute approximate surface area is 177 Å². The number of rotatable bonds is 7. The van der Waals surface area contributed by atoms with Crippen molar-refractivity contribution >= 4 is 27.7 Å². The van der Waals surface area contributed by atoms with Crippen molar-refractivity contribution in [3.8, 4) is 0 Å². The van der Waals surface area contributed by atoms with Gasteiger partial charge in [-0.25, -0.2) is 8.42 Å². The summed E-state index contributed by atoms with van der Waals surface area (Å²) in [5.41, 5.74) is 0.997. The van der Waals surface area contributed by atoms with E-state index in [-0.39, 0.29) is 54.6 Å². The number of amides is 3. The van der Waals surface area contributed by atoms with Crippen LogP contribution in [-0.4, -0.2) is 61.0 Å². The number of nitrogens with zero attached hydrogens (tertiary/aromatic N) is 2. The van der Waals surface area contributed by atoms with Crippen molar-refractivity contribution in [2.45, 2.75) is 63.3 Å². The predicted octanol–water partition coefficient (Wildman–Crippen LogP) is 1.83. The monoisotopic (exact) mass is 435 g/mol. The molecular formula is C21H29N3O5S. The van der Waals surface area contributed by atoms with E-state index in [2.05, 4.69) is 5.32 Å². The molecule has 9 heteroatoms. The highest BCUT2D eigenvalue weighted by Crippen LogP contribution is 2.26. The number of imide groups is 1. The number of benzene rings is 1. The highest BCUT2D eigenvalue weighted by Gasteiger charge is 2.31. The van der Waals surface area contributed by atoms with Crippen molar-refractivity contribution in [3.05, 3.63) is 29.3 Å². The summed E-state index contributed by atoms with van der Waals surface area (Å²) in [6, 6.07) is 4.58. The largest absolute Gasteiger partial charge is 0.352 e. The summed E-state index contributed by atoms with van der Waals surface area (Å²) in [5.74, 6) is -0.714. The van der Waals surface area contributed by atoms with Crippen LogP contribution in [0, 0.1) is 6.92 Å². The highest BCUT2D eigenvalue weighted by atomic mass is 32.2. The molecule has 1 aromatic rings. The van der Waals surface area contributed by atoms with Crippen LogP contribution in [0.3, 0.4) is 0 Å². The molecule has 1 aromatic carbocycles. The topological polar surface area (TPSA) is 104 Å². The van der Waals surface area contributed by atoms with E-state index < -0.39 is 10.0 Å². The minimum Gasteiger partial charge on any atom is -0.352 e. The van der Waals surface area contributed by atoms with Crippen molar-refractivity contribution in [1.29, 1.82) is 0 Å². The molecule has 1 atom stereocenters. The van der Waals surface area contributed by atoms with Gasteiger partial charge in [-0.2, -0.15) is 4.31 Å². The fourth-order valence-electron chi connectivity index (χ4n) is 3.98. The van der Waals surface area contributed by atoms with E-state index in [1.54, 1.807) is 19.1 Å². The zero-order valence-corrected chi connectivity index (χ0v) is 18.3. The first-order valence-corrected chi connectivity index (χ1v) is 11.9. The zero-order chi connectivity index (χ0) is 21.9. The lowest BCUT2D eigenvalue weighted by molar-refractivity contribution is -0.138. The van der Waals surface area contributed by atoms with E-state index in [0.717, 1.165) is 19.3 Å². The number of piperidine rings is 1. The van der Waals surface area contributed by atoms with Gasteiger partial charge in [-0.05, 0) is 50.8 Å². The number of hydrogen-bond donors (Lipinski definition) is 1. The Morgan fingerprint density at radius 2 is 1.87 bits per heavy atom. The van der Waals surface area contributed by atoms with E-state index in [0.29, 0.717) is 24.1 Å². The van der Waals surface area contributed by atoms with Gasteiger partial charge in [0.25, 0.3) is 5.91 Å². The van der Waals surface area contributed by atoms with Gasteiger partial charge in [0.2, 0.25) is 21.8 Å². The summed E-state index contributed by atoms with van der Waals surface area (Å²) in [7, 11) is -3.66. The number of carbonyl (C=O) groups is 3. The smallest absolute Gasteiger partial charge is 0.251 e. The molecule has 30 heavy (non-hydrogen) atoms. The zero-order valence-electron chi connectivity index (χ0n) is 17.5. The summed E-state index contributed by atoms with van der Waals surface area (Å²) in [4.78, 5) is 37.2. The van der Waals surface area contributed by atoms with Crippen molar-refractivity contribution in [1.82, 2.24) is 14.5 Å². The molecule has 1 N–H and O–H groups in total. The second kappa shape index (κ2) is 9.26. The van der Waals surface area contributed by atoms with Crippen LogP contribution in [0.15, 0.2) is 23.1 Å². The number of hydrogen-bond acceptors (Lipinski definition) is 5. The van der Waals surface area contributed by atoms with Crippen LogP contribution in [0.2, 0.25) is 0 Å². The predicted molar refractivity (Wildman–Crippen MR) is 111 cm³/mol. The number of aryl methyl sites for hydroxylation is 1. The normalized spacial score (nSPS) is 20.6. The fraction of sp³-hybridized carbons (Fsp3) is 0.571. The first-order valence-electron chi connectivity index (χ1n) is 10.5. The van der Waals surface area contributed by atoms with Gasteiger partial charge in [0.1, 0.15) is 0 Å². The van der Waals surface area contributed by atoms with E-state index in [4.69, 9.17) is 0 Å². The van der Waals surface area contributed by atoms with Gasteiger partial charge in [-0.15, -0.1) is 0 Å². The molecule has 0 saturated carbocycles. The molecule has 0 spiro atoms. The number of likely N-dealkylation sites (tertiary alicyclic amines) is 1. The third-order valence-electron chi connectivity index (χ3n) is 5.80. The molecule has 8 nitrogen and oxygen atoms in total. The molecule has 2 heterocycles. The van der Waals surface area contributed by atoms with Crippen molar-refractivity contribution < 1.29 is 22.8 Å². The van der Waals surface area contributed by atoms with E-state index in [1.807, 2.05) is 6.92 Å². The molecule has 0 aromatic heterocycles. The lowest BCUT2D eigenvalue weighted by atomic mass is 10.1. The first-order chi connectivity index (χ1) is 14.2. The van der Waals surface area contributed by atoms with Gasteiger partial charge in [0.05, 0.1) is 4.90 Å². The molecule has 164 valence electrons. The molecular weight excluding hydrogens is 406 g/mol. The average Bonchev–Trinajstić information content (AvgIpc) is 3.03. The second-order valence-electron chi connectivity index (χ2n) is 7.99. The Balaban J connectivity index is 1.65. The molecule has 2 fully saturated rings. The van der Waals surface area contributed by atoms with Crippen LogP contribution < -0.4 is 5.32 Å². The first kappa shape index (κ1) is 22.4. The number of nitrogens with one attached hydrogen (secondary N) is 1. The van der Waals surface area contributed by atoms with Crippen LogP contribution in [0.5, 0.6) is 0 Å². The third-order valence-corrected chi connectivity index (χ3v) is 7.81. The summed E-state index contributed by atoms with van der Waals surface area (Å²) < 4.78 is 27.7. The summed E-state index contributed by atoms with van der Waals surface area (Å²) >= 11 is 0. The van der Waals surface area contributed by atoms with Gasteiger partial charge < -0.3 is 5.32 Å². The minimum absolute atomic E-state index is 0.0571. The van der Waals surface area contributed by atoms with Gasteiger partial charge in [-0.3, -0.25) is 19.3 Å². The molecule has 2 aliphatic heterocycles. The molecule has 2 saturated heterocycles. The van der Waals surface area contributed by atoms with Crippen LogP contribution in [-0.2, 0) is 19.6 Å². The SMILES string of the molecule is Cc1ccc(S(=O)(=O)N2CCCCC2C)cc1C(=O)NCCCN1C(=O)CCC1=O. The van der Waals surface area contributed by atoms with Gasteiger partial charge in [0, 0.05) is 44.1 Å². The maximum absolute atomic E-state index is 13.1. The summed E-state index contributed by atoms with van der Waals surface area (Å²) in [6.45, 7) is 4.73. The third kappa shape index (κ3) is 4.73. The second-order valence-corrected chi connectivity index (χ2v) is 9.88. The van der Waals surface area contributed by atoms with Crippen LogP contribution >= 0.6 is 0 Å². The maximum atomic E-state index is 13.1. The molecule has 0 aliphatic carbocycles. The standard InChI is InChI=1S/C21H29N3O5S/c1-15-7-8-17(30(28,29)24-13-4-3-6-16(24)2)14-18(15)21(27)22-11-5-12-23-19(25)9-10-20(23)26/h7-8,14,16H,3-6,9-13H2,1-2H3,(H,22,27). The van der Waals surface area contributed by atoms with Gasteiger partial charge in [-0.1, -0.05) is 12.5 Å². The molecule has 3 amide bonds. The molecule has 0 radical (unpaired) electrons. The van der Waals surface area contributed by atoms with E-state index in [1.165, 1.54) is 15.3 Å². The molecule has 2 aliphatic rings. The van der Waals surface area contributed by atoms with E-state index >= 15 is 0 Å². The van der Waals surface area contributed by atoms with Crippen LogP contribution in [0.25, 0.3) is 0 Å². The Morgan fingerprint density at radius 1 is 1.17 bits per heavy atom. The Hall–Kier alpha value is -2.26. The van der Waals surface area contributed by atoms with Crippen molar-refractivity contribution in [3.63, 3.8) is 0 Å². The Bertz CT molecular complexity index is 928. The van der Waals surface area contributed by atoms with Crippen LogP contribution in [0.4, 0.5) is 0 Å². The van der Waals surface area contributed by atoms with E-state index in [9.17, 15) is 22.8 Å². The van der Waals surface area contributed by atoms with Crippen LogP contribution in [0.1, 0.15) is 61.4 Å². The molecule has 3 rings (SSSR count). The lowest BCUT2D eigenvalue weighted by Crippen LogP contribution is -2.42. The summed E-state index contributed by atoms with van der Waals surface area (Å²) in [6.07, 6.45) is 3.64. The fourth-order valence-corrected chi connectivity index (χ4v) is 5.70. The average molecular weight is 436 g/mol. The highest BCUT2D eigenvalue weighted by molar-refractivity contribution is 7.89. The van der Waals surface area contributed by atoms with Gasteiger partial charge in [0.15, 0.2) is 0 Å². The number of carbonyl (C=O) groups excluding carboxylic acids is 3. The Kier molecular flexibility index (Phi) is 6.92. The van der Waals surface area contributed by atoms with Crippen molar-refractivity contribution in [2.75, 3.05) is 19.6 Å². The quantitative estimate of drug-likeness (QED) is 0.520. The van der Waals surface area contributed by atoms with Crippen molar-refractivity contribution in [2.24, 2.45) is 0 Å². The molecule has 1 unspecified atom stereocenters. The number of sulfonamides is 1. The summed E-state index contributed by atoms with van der Waals surface area (Å²) in [5, 5.41) is 2.76.